The van der Waals surface area contributed by atoms with Crippen LogP contribution in [0.3, 0.4) is 0 Å². The number of amides is 2. The van der Waals surface area contributed by atoms with Crippen molar-refractivity contribution < 1.29 is 9.59 Å². The first-order valence-corrected chi connectivity index (χ1v) is 8.73. The number of nitrogens with one attached hydrogen (secondary N) is 2. The summed E-state index contributed by atoms with van der Waals surface area (Å²) < 4.78 is 0. The molecule has 0 heterocycles. The molecule has 0 spiro atoms. The highest BCUT2D eigenvalue weighted by Gasteiger charge is 2.14. The zero-order valence-corrected chi connectivity index (χ0v) is 15.4. The van der Waals surface area contributed by atoms with Gasteiger partial charge in [-0.15, -0.1) is 25.3 Å². The predicted molar refractivity (Wildman–Crippen MR) is 110 cm³/mol. The van der Waals surface area contributed by atoms with Gasteiger partial charge in [-0.2, -0.15) is 0 Å². The Balaban J connectivity index is 1.83. The van der Waals surface area contributed by atoms with Crippen LogP contribution in [0.1, 0.15) is 20.7 Å². The topological polar surface area (TPSA) is 58.2 Å². The van der Waals surface area contributed by atoms with Gasteiger partial charge in [-0.25, -0.2) is 0 Å². The van der Waals surface area contributed by atoms with Crippen molar-refractivity contribution in [1.82, 2.24) is 0 Å². The Hall–Kier alpha value is -2.70. The van der Waals surface area contributed by atoms with Crippen molar-refractivity contribution >= 4 is 48.4 Å². The lowest BCUT2D eigenvalue weighted by Crippen LogP contribution is -2.17. The predicted octanol–water partition coefficient (Wildman–Crippen LogP) is 4.77. The zero-order chi connectivity index (χ0) is 18.5. The standard InChI is InChI=1S/C20H16N2O2S2/c23-19(13-7-1-5-11-17(13)25)21-15-9-3-4-10-16(15)22-20(24)14-8-2-6-12-18(14)26/h1-12,25-26H,(H,21,23)(H,22,24). The van der Waals surface area contributed by atoms with Crippen molar-refractivity contribution in [3.8, 4) is 0 Å². The lowest BCUT2D eigenvalue weighted by atomic mass is 10.1. The quantitative estimate of drug-likeness (QED) is 0.493. The summed E-state index contributed by atoms with van der Waals surface area (Å²) in [4.78, 5) is 26.2. The molecular weight excluding hydrogens is 364 g/mol. The van der Waals surface area contributed by atoms with Crippen LogP contribution in [0, 0.1) is 0 Å². The highest BCUT2D eigenvalue weighted by molar-refractivity contribution is 7.80. The molecule has 130 valence electrons. The Kier molecular flexibility index (Phi) is 5.65. The Bertz CT molecular complexity index is 895. The Labute approximate surface area is 162 Å². The van der Waals surface area contributed by atoms with Crippen LogP contribution in [0.5, 0.6) is 0 Å². The van der Waals surface area contributed by atoms with E-state index in [1.807, 2.05) is 12.1 Å². The van der Waals surface area contributed by atoms with Crippen molar-refractivity contribution in [3.63, 3.8) is 0 Å². The number of thiol groups is 2. The molecule has 2 N–H and O–H groups in total. The first-order valence-electron chi connectivity index (χ1n) is 7.84. The van der Waals surface area contributed by atoms with Crippen LogP contribution in [0.15, 0.2) is 82.6 Å². The zero-order valence-electron chi connectivity index (χ0n) is 13.6. The summed E-state index contributed by atoms with van der Waals surface area (Å²) in [5.41, 5.74) is 1.91. The first kappa shape index (κ1) is 18.1. The number of carbonyl (C=O) groups is 2. The number of para-hydroxylation sites is 2. The van der Waals surface area contributed by atoms with E-state index in [0.717, 1.165) is 0 Å². The highest BCUT2D eigenvalue weighted by Crippen LogP contribution is 2.24. The monoisotopic (exact) mass is 380 g/mol. The van der Waals surface area contributed by atoms with Gasteiger partial charge in [-0.05, 0) is 36.4 Å². The summed E-state index contributed by atoms with van der Waals surface area (Å²) in [5, 5.41) is 5.63. The van der Waals surface area contributed by atoms with Crippen LogP contribution < -0.4 is 10.6 Å². The summed E-state index contributed by atoms with van der Waals surface area (Å²) in [6.07, 6.45) is 0. The summed E-state index contributed by atoms with van der Waals surface area (Å²) >= 11 is 8.61. The van der Waals surface area contributed by atoms with Crippen molar-refractivity contribution in [2.75, 3.05) is 10.6 Å². The van der Waals surface area contributed by atoms with E-state index in [0.29, 0.717) is 32.3 Å². The molecule has 4 nitrogen and oxygen atoms in total. The third-order valence-corrected chi connectivity index (χ3v) is 4.50. The van der Waals surface area contributed by atoms with E-state index in [-0.39, 0.29) is 11.8 Å². The number of benzene rings is 3. The maximum Gasteiger partial charge on any atom is 0.256 e. The lowest BCUT2D eigenvalue weighted by molar-refractivity contribution is 0.101. The first-order chi connectivity index (χ1) is 12.6. The normalized spacial score (nSPS) is 10.2. The largest absolute Gasteiger partial charge is 0.320 e. The van der Waals surface area contributed by atoms with Gasteiger partial charge in [0.2, 0.25) is 0 Å². The van der Waals surface area contributed by atoms with Crippen LogP contribution in [0.4, 0.5) is 11.4 Å². The average molecular weight is 380 g/mol. The molecule has 3 rings (SSSR count). The number of rotatable bonds is 4. The van der Waals surface area contributed by atoms with E-state index in [9.17, 15) is 9.59 Å². The molecule has 0 bridgehead atoms. The SMILES string of the molecule is O=C(Nc1ccccc1NC(=O)c1ccccc1S)c1ccccc1S. The summed E-state index contributed by atoms with van der Waals surface area (Å²) in [5.74, 6) is -0.598. The molecule has 2 amide bonds. The van der Waals surface area contributed by atoms with E-state index in [1.54, 1.807) is 60.7 Å². The summed E-state index contributed by atoms with van der Waals surface area (Å²) in [6.45, 7) is 0. The minimum absolute atomic E-state index is 0.299. The second-order valence-electron chi connectivity index (χ2n) is 5.49. The summed E-state index contributed by atoms with van der Waals surface area (Å²) in [6, 6.07) is 21.0. The summed E-state index contributed by atoms with van der Waals surface area (Å²) in [7, 11) is 0. The molecule has 0 aliphatic carbocycles. The van der Waals surface area contributed by atoms with Crippen molar-refractivity contribution in [2.45, 2.75) is 9.79 Å². The van der Waals surface area contributed by atoms with Crippen molar-refractivity contribution in [2.24, 2.45) is 0 Å². The van der Waals surface area contributed by atoms with Crippen molar-refractivity contribution in [3.05, 3.63) is 83.9 Å². The van der Waals surface area contributed by atoms with E-state index in [2.05, 4.69) is 35.9 Å². The maximum atomic E-state index is 12.5. The van der Waals surface area contributed by atoms with E-state index in [4.69, 9.17) is 0 Å². The van der Waals surface area contributed by atoms with E-state index < -0.39 is 0 Å². The number of anilines is 2. The van der Waals surface area contributed by atoms with Gasteiger partial charge in [0.25, 0.3) is 11.8 Å². The average Bonchev–Trinajstić information content (AvgIpc) is 2.64. The van der Waals surface area contributed by atoms with Crippen LogP contribution in [-0.2, 0) is 0 Å². The van der Waals surface area contributed by atoms with Crippen LogP contribution in [-0.4, -0.2) is 11.8 Å². The smallest absolute Gasteiger partial charge is 0.256 e. The number of hydrogen-bond acceptors (Lipinski definition) is 4. The minimum Gasteiger partial charge on any atom is -0.320 e. The Morgan fingerprint density at radius 3 is 1.31 bits per heavy atom. The van der Waals surface area contributed by atoms with Gasteiger partial charge >= 0.3 is 0 Å². The van der Waals surface area contributed by atoms with Gasteiger partial charge in [0.1, 0.15) is 0 Å². The number of carbonyl (C=O) groups excluding carboxylic acids is 2. The highest BCUT2D eigenvalue weighted by atomic mass is 32.1. The molecule has 0 fully saturated rings. The minimum atomic E-state index is -0.299. The van der Waals surface area contributed by atoms with Gasteiger partial charge < -0.3 is 10.6 Å². The fourth-order valence-electron chi connectivity index (χ4n) is 2.41. The van der Waals surface area contributed by atoms with Gasteiger partial charge in [-0.1, -0.05) is 36.4 Å². The van der Waals surface area contributed by atoms with Crippen molar-refractivity contribution in [1.29, 1.82) is 0 Å². The molecular formula is C20H16N2O2S2. The molecule has 26 heavy (non-hydrogen) atoms. The van der Waals surface area contributed by atoms with Gasteiger partial charge in [-0.3, -0.25) is 9.59 Å². The van der Waals surface area contributed by atoms with Crippen LogP contribution >= 0.6 is 25.3 Å². The number of hydrogen-bond donors (Lipinski definition) is 4. The molecule has 0 aliphatic rings. The van der Waals surface area contributed by atoms with Gasteiger partial charge in [0.15, 0.2) is 0 Å². The fourth-order valence-corrected chi connectivity index (χ4v) is 2.94. The third kappa shape index (κ3) is 4.09. The molecule has 0 unspecified atom stereocenters. The molecule has 3 aromatic carbocycles. The molecule has 0 atom stereocenters. The second kappa shape index (κ2) is 8.12. The molecule has 3 aromatic rings. The molecule has 0 aliphatic heterocycles. The molecule has 0 saturated heterocycles. The lowest BCUT2D eigenvalue weighted by Gasteiger charge is -2.13. The second-order valence-corrected chi connectivity index (χ2v) is 6.45. The fraction of sp³-hybridized carbons (Fsp3) is 0. The Morgan fingerprint density at radius 2 is 0.923 bits per heavy atom. The van der Waals surface area contributed by atoms with Gasteiger partial charge in [0, 0.05) is 9.79 Å². The third-order valence-electron chi connectivity index (χ3n) is 3.72. The van der Waals surface area contributed by atoms with E-state index >= 15 is 0 Å². The molecule has 0 saturated carbocycles. The Morgan fingerprint density at radius 1 is 0.577 bits per heavy atom. The molecule has 0 aromatic heterocycles. The van der Waals surface area contributed by atoms with Crippen LogP contribution in [0.25, 0.3) is 0 Å². The van der Waals surface area contributed by atoms with Gasteiger partial charge in [0.05, 0.1) is 22.5 Å². The van der Waals surface area contributed by atoms with E-state index in [1.165, 1.54) is 0 Å². The molecule has 0 radical (unpaired) electrons. The maximum absolute atomic E-state index is 12.5. The molecule has 6 heteroatoms. The van der Waals surface area contributed by atoms with Crippen LogP contribution in [0.2, 0.25) is 0 Å².